The average molecular weight is 360 g/mol. The summed E-state index contributed by atoms with van der Waals surface area (Å²) in [6.07, 6.45) is 0. The maximum Gasteiger partial charge on any atom is 0.255 e. The predicted molar refractivity (Wildman–Crippen MR) is 101 cm³/mol. The van der Waals surface area contributed by atoms with Gasteiger partial charge in [-0.1, -0.05) is 45.0 Å². The van der Waals surface area contributed by atoms with Crippen molar-refractivity contribution in [2.24, 2.45) is 0 Å². The van der Waals surface area contributed by atoms with Crippen LogP contribution in [0.4, 0.5) is 5.69 Å². The van der Waals surface area contributed by atoms with Gasteiger partial charge < -0.3 is 5.32 Å². The second-order valence-electron chi connectivity index (χ2n) is 6.17. The van der Waals surface area contributed by atoms with Crippen LogP contribution in [-0.4, -0.2) is 20.9 Å². The topological polar surface area (TPSA) is 75.3 Å². The zero-order valence-electron chi connectivity index (χ0n) is 15.0. The highest BCUT2D eigenvalue weighted by Gasteiger charge is 2.18. The van der Waals surface area contributed by atoms with E-state index in [1.54, 1.807) is 19.9 Å². The highest BCUT2D eigenvalue weighted by molar-refractivity contribution is 7.89. The number of sulfonamides is 1. The van der Waals surface area contributed by atoms with E-state index in [0.717, 1.165) is 16.8 Å². The molecule has 0 spiro atoms. The van der Waals surface area contributed by atoms with Crippen molar-refractivity contribution < 1.29 is 13.2 Å². The number of carbonyl (C=O) groups excluding carboxylic acids is 1. The van der Waals surface area contributed by atoms with Gasteiger partial charge in [0.05, 0.1) is 4.90 Å². The van der Waals surface area contributed by atoms with Gasteiger partial charge in [0.25, 0.3) is 5.91 Å². The molecule has 0 aliphatic carbocycles. The average Bonchev–Trinajstić information content (AvgIpc) is 2.55. The molecule has 5 nitrogen and oxygen atoms in total. The number of benzene rings is 2. The van der Waals surface area contributed by atoms with Crippen LogP contribution in [0.25, 0.3) is 0 Å². The summed E-state index contributed by atoms with van der Waals surface area (Å²) in [4.78, 5) is 12.8. The Morgan fingerprint density at radius 2 is 1.80 bits per heavy atom. The van der Waals surface area contributed by atoms with Crippen molar-refractivity contribution in [1.82, 2.24) is 4.72 Å². The molecule has 0 aromatic heterocycles. The van der Waals surface area contributed by atoms with E-state index >= 15 is 0 Å². The largest absolute Gasteiger partial charge is 0.322 e. The lowest BCUT2D eigenvalue weighted by molar-refractivity contribution is 0.102. The number of aryl methyl sites for hydroxylation is 1. The van der Waals surface area contributed by atoms with Gasteiger partial charge in [0, 0.05) is 17.8 Å². The Bertz CT molecular complexity index is 874. The second kappa shape index (κ2) is 7.80. The molecule has 0 aliphatic heterocycles. The van der Waals surface area contributed by atoms with Gasteiger partial charge in [0.1, 0.15) is 0 Å². The van der Waals surface area contributed by atoms with E-state index in [-0.39, 0.29) is 16.7 Å². The van der Waals surface area contributed by atoms with E-state index in [9.17, 15) is 13.2 Å². The number of rotatable bonds is 6. The van der Waals surface area contributed by atoms with E-state index in [1.165, 1.54) is 12.1 Å². The van der Waals surface area contributed by atoms with Gasteiger partial charge in [-0.05, 0) is 42.2 Å². The SMILES string of the molecule is CCNS(=O)(=O)c1ccc(C)c(C(=O)Nc2ccccc2C(C)C)c1. The first-order valence-corrected chi connectivity index (χ1v) is 9.75. The fourth-order valence-electron chi connectivity index (χ4n) is 2.59. The van der Waals surface area contributed by atoms with E-state index < -0.39 is 10.0 Å². The molecule has 0 fully saturated rings. The summed E-state index contributed by atoms with van der Waals surface area (Å²) in [7, 11) is -3.61. The number of para-hydroxylation sites is 1. The van der Waals surface area contributed by atoms with Crippen LogP contribution in [0.15, 0.2) is 47.4 Å². The molecule has 0 unspecified atom stereocenters. The Labute approximate surface area is 149 Å². The van der Waals surface area contributed by atoms with Crippen LogP contribution in [0.3, 0.4) is 0 Å². The third-order valence-corrected chi connectivity index (χ3v) is 5.47. The number of anilines is 1. The van der Waals surface area contributed by atoms with Crippen molar-refractivity contribution >= 4 is 21.6 Å². The second-order valence-corrected chi connectivity index (χ2v) is 7.94. The lowest BCUT2D eigenvalue weighted by Gasteiger charge is -2.15. The molecule has 25 heavy (non-hydrogen) atoms. The van der Waals surface area contributed by atoms with Crippen LogP contribution in [0, 0.1) is 6.92 Å². The third kappa shape index (κ3) is 4.46. The summed E-state index contributed by atoms with van der Waals surface area (Å²) in [5.74, 6) is -0.0581. The molecule has 134 valence electrons. The molecule has 2 aromatic rings. The standard InChI is InChI=1S/C19H24N2O3S/c1-5-20-25(23,24)15-11-10-14(4)17(12-15)19(22)21-18-9-7-6-8-16(18)13(2)3/h6-13,20H,5H2,1-4H3,(H,21,22). The fraction of sp³-hybridized carbons (Fsp3) is 0.316. The minimum atomic E-state index is -3.61. The Kier molecular flexibility index (Phi) is 5.98. The van der Waals surface area contributed by atoms with E-state index in [1.807, 2.05) is 24.3 Å². The number of hydrogen-bond acceptors (Lipinski definition) is 3. The monoisotopic (exact) mass is 360 g/mol. The Morgan fingerprint density at radius 1 is 1.12 bits per heavy atom. The molecular weight excluding hydrogens is 336 g/mol. The fourth-order valence-corrected chi connectivity index (χ4v) is 3.66. The molecule has 0 heterocycles. The van der Waals surface area contributed by atoms with Gasteiger partial charge >= 0.3 is 0 Å². The molecule has 0 saturated heterocycles. The number of carbonyl (C=O) groups is 1. The molecule has 2 rings (SSSR count). The van der Waals surface area contributed by atoms with Gasteiger partial charge in [0.2, 0.25) is 10.0 Å². The third-order valence-electron chi connectivity index (χ3n) is 3.93. The number of nitrogens with one attached hydrogen (secondary N) is 2. The van der Waals surface area contributed by atoms with Gasteiger partial charge in [-0.2, -0.15) is 0 Å². The summed E-state index contributed by atoms with van der Waals surface area (Å²) in [6, 6.07) is 12.2. The number of amides is 1. The van der Waals surface area contributed by atoms with Crippen molar-refractivity contribution in [3.05, 3.63) is 59.2 Å². The summed E-state index contributed by atoms with van der Waals surface area (Å²) in [6.45, 7) is 7.90. The number of hydrogen-bond donors (Lipinski definition) is 2. The van der Waals surface area contributed by atoms with Gasteiger partial charge in [-0.3, -0.25) is 4.79 Å². The highest BCUT2D eigenvalue weighted by atomic mass is 32.2. The van der Waals surface area contributed by atoms with Crippen LogP contribution in [0.5, 0.6) is 0 Å². The van der Waals surface area contributed by atoms with Crippen LogP contribution in [0.1, 0.15) is 48.2 Å². The maximum absolute atomic E-state index is 12.7. The Hall–Kier alpha value is -2.18. The first-order valence-electron chi connectivity index (χ1n) is 8.27. The molecular formula is C19H24N2O3S. The summed E-state index contributed by atoms with van der Waals surface area (Å²) in [5, 5.41) is 2.91. The Morgan fingerprint density at radius 3 is 2.44 bits per heavy atom. The normalized spacial score (nSPS) is 11.6. The van der Waals surface area contributed by atoms with Crippen molar-refractivity contribution in [3.63, 3.8) is 0 Å². The van der Waals surface area contributed by atoms with Crippen LogP contribution in [0.2, 0.25) is 0 Å². The molecule has 0 aliphatic rings. The van der Waals surface area contributed by atoms with Crippen molar-refractivity contribution in [2.75, 3.05) is 11.9 Å². The highest BCUT2D eigenvalue weighted by Crippen LogP contribution is 2.25. The van der Waals surface area contributed by atoms with Crippen molar-refractivity contribution in [3.8, 4) is 0 Å². The van der Waals surface area contributed by atoms with E-state index in [2.05, 4.69) is 23.9 Å². The molecule has 6 heteroatoms. The first-order chi connectivity index (χ1) is 11.8. The van der Waals surface area contributed by atoms with Crippen LogP contribution >= 0.6 is 0 Å². The van der Waals surface area contributed by atoms with Gasteiger partial charge in [0.15, 0.2) is 0 Å². The minimum Gasteiger partial charge on any atom is -0.322 e. The lowest BCUT2D eigenvalue weighted by atomic mass is 10.0. The quantitative estimate of drug-likeness (QED) is 0.825. The molecule has 2 aromatic carbocycles. The summed E-state index contributed by atoms with van der Waals surface area (Å²) in [5.41, 5.74) is 2.83. The molecule has 1 amide bonds. The Balaban J connectivity index is 2.37. The van der Waals surface area contributed by atoms with E-state index in [0.29, 0.717) is 12.1 Å². The van der Waals surface area contributed by atoms with Gasteiger partial charge in [-0.15, -0.1) is 0 Å². The lowest BCUT2D eigenvalue weighted by Crippen LogP contribution is -2.24. The molecule has 0 saturated carbocycles. The molecule has 0 atom stereocenters. The van der Waals surface area contributed by atoms with Crippen molar-refractivity contribution in [2.45, 2.75) is 38.5 Å². The summed E-state index contributed by atoms with van der Waals surface area (Å²) < 4.78 is 26.8. The molecule has 2 N–H and O–H groups in total. The minimum absolute atomic E-state index is 0.0854. The summed E-state index contributed by atoms with van der Waals surface area (Å²) >= 11 is 0. The predicted octanol–water partition coefficient (Wildman–Crippen LogP) is 3.67. The van der Waals surface area contributed by atoms with Gasteiger partial charge in [-0.25, -0.2) is 13.1 Å². The first kappa shape index (κ1) is 19.1. The van der Waals surface area contributed by atoms with Crippen LogP contribution in [-0.2, 0) is 10.0 Å². The smallest absolute Gasteiger partial charge is 0.255 e. The maximum atomic E-state index is 12.7. The molecule has 0 bridgehead atoms. The van der Waals surface area contributed by atoms with E-state index in [4.69, 9.17) is 0 Å². The molecule has 0 radical (unpaired) electrons. The van der Waals surface area contributed by atoms with Crippen molar-refractivity contribution in [1.29, 1.82) is 0 Å². The van der Waals surface area contributed by atoms with Crippen LogP contribution < -0.4 is 10.0 Å². The zero-order valence-corrected chi connectivity index (χ0v) is 15.8. The zero-order chi connectivity index (χ0) is 18.6.